The maximum absolute atomic E-state index is 10.1. The first-order valence-electron chi connectivity index (χ1n) is 4.37. The van der Waals surface area contributed by atoms with Crippen molar-refractivity contribution in [3.05, 3.63) is 36.6 Å². The van der Waals surface area contributed by atoms with Gasteiger partial charge in [-0.3, -0.25) is 0 Å². The molecule has 0 aliphatic rings. The van der Waals surface area contributed by atoms with Crippen LogP contribution < -0.4 is 4.74 Å². The number of allylic oxidation sites excluding steroid dienone is 1. The van der Waals surface area contributed by atoms with Gasteiger partial charge < -0.3 is 4.74 Å². The first kappa shape index (κ1) is 10.2. The number of para-hydroxylation sites is 2. The predicted molar refractivity (Wildman–Crippen MR) is 54.3 cm³/mol. The van der Waals surface area contributed by atoms with Crippen molar-refractivity contribution in [3.63, 3.8) is 0 Å². The largest absolute Gasteiger partial charge is 0.463 e. The van der Waals surface area contributed by atoms with Crippen molar-refractivity contribution in [3.8, 4) is 5.75 Å². The molecule has 0 bridgehead atoms. The number of rotatable bonds is 4. The van der Waals surface area contributed by atoms with Gasteiger partial charge in [-0.05, 0) is 24.6 Å². The van der Waals surface area contributed by atoms with E-state index in [0.717, 1.165) is 6.42 Å². The number of carbonyl (C=O) groups excluding carboxylic acids is 1. The van der Waals surface area contributed by atoms with Gasteiger partial charge in [0.2, 0.25) is 6.08 Å². The Hall–Kier alpha value is -1.86. The van der Waals surface area contributed by atoms with Crippen LogP contribution >= 0.6 is 0 Å². The number of hydrogen-bond donors (Lipinski definition) is 0. The Morgan fingerprint density at radius 2 is 2.29 bits per heavy atom. The van der Waals surface area contributed by atoms with Gasteiger partial charge in [0.15, 0.2) is 5.75 Å². The SMILES string of the molecule is CCC=COc1ccccc1N=C=O. The highest BCUT2D eigenvalue weighted by atomic mass is 16.5. The third-order valence-corrected chi connectivity index (χ3v) is 1.56. The van der Waals surface area contributed by atoms with Crippen LogP contribution in [-0.4, -0.2) is 6.08 Å². The van der Waals surface area contributed by atoms with Gasteiger partial charge in [-0.25, -0.2) is 4.79 Å². The fraction of sp³-hybridized carbons (Fsp3) is 0.182. The minimum atomic E-state index is 0.489. The molecule has 14 heavy (non-hydrogen) atoms. The van der Waals surface area contributed by atoms with E-state index in [2.05, 4.69) is 4.99 Å². The summed E-state index contributed by atoms with van der Waals surface area (Å²) in [6.07, 6.45) is 5.85. The Morgan fingerprint density at radius 3 is 3.00 bits per heavy atom. The number of nitrogens with zero attached hydrogens (tertiary/aromatic N) is 1. The van der Waals surface area contributed by atoms with Crippen molar-refractivity contribution < 1.29 is 9.53 Å². The molecular formula is C11H11NO2. The summed E-state index contributed by atoms with van der Waals surface area (Å²) >= 11 is 0. The second kappa shape index (κ2) is 5.73. The number of hydrogen-bond acceptors (Lipinski definition) is 3. The van der Waals surface area contributed by atoms with E-state index in [1.165, 1.54) is 6.08 Å². The molecule has 0 aliphatic carbocycles. The molecule has 0 atom stereocenters. The molecule has 0 fully saturated rings. The maximum atomic E-state index is 10.1. The van der Waals surface area contributed by atoms with E-state index >= 15 is 0 Å². The van der Waals surface area contributed by atoms with E-state index in [0.29, 0.717) is 11.4 Å². The maximum Gasteiger partial charge on any atom is 0.240 e. The van der Waals surface area contributed by atoms with Gasteiger partial charge in [-0.1, -0.05) is 19.1 Å². The molecule has 0 spiro atoms. The minimum Gasteiger partial charge on any atom is -0.463 e. The minimum absolute atomic E-state index is 0.489. The summed E-state index contributed by atoms with van der Waals surface area (Å²) in [6, 6.07) is 7.04. The monoisotopic (exact) mass is 189 g/mol. The second-order valence-corrected chi connectivity index (χ2v) is 2.57. The lowest BCUT2D eigenvalue weighted by molar-refractivity contribution is 0.480. The molecule has 0 N–H and O–H groups in total. The molecule has 0 amide bonds. The summed E-state index contributed by atoms with van der Waals surface area (Å²) in [5, 5.41) is 0. The number of aliphatic imine (C=N–C) groups is 1. The summed E-state index contributed by atoms with van der Waals surface area (Å²) in [4.78, 5) is 13.6. The molecule has 0 aromatic heterocycles. The smallest absolute Gasteiger partial charge is 0.240 e. The lowest BCUT2D eigenvalue weighted by atomic mass is 10.3. The number of isocyanates is 1. The topological polar surface area (TPSA) is 38.7 Å². The third-order valence-electron chi connectivity index (χ3n) is 1.56. The summed E-state index contributed by atoms with van der Waals surface area (Å²) in [5.74, 6) is 0.556. The molecule has 0 unspecified atom stereocenters. The van der Waals surface area contributed by atoms with Gasteiger partial charge in [0.05, 0.1) is 6.26 Å². The normalized spacial score (nSPS) is 9.79. The molecule has 0 heterocycles. The van der Waals surface area contributed by atoms with Crippen LogP contribution in [-0.2, 0) is 4.79 Å². The standard InChI is InChI=1S/C11H11NO2/c1-2-3-8-14-11-7-5-4-6-10(11)12-9-13/h3-8H,2H2,1H3. The molecule has 1 rings (SSSR count). The highest BCUT2D eigenvalue weighted by molar-refractivity contribution is 5.57. The van der Waals surface area contributed by atoms with Crippen molar-refractivity contribution in [1.82, 2.24) is 0 Å². The average molecular weight is 189 g/mol. The van der Waals surface area contributed by atoms with Gasteiger partial charge in [-0.15, -0.1) is 0 Å². The van der Waals surface area contributed by atoms with E-state index in [9.17, 15) is 4.79 Å². The van der Waals surface area contributed by atoms with Gasteiger partial charge >= 0.3 is 0 Å². The lowest BCUT2D eigenvalue weighted by Gasteiger charge is -2.01. The Kier molecular flexibility index (Phi) is 4.18. The van der Waals surface area contributed by atoms with Crippen LogP contribution in [0, 0.1) is 0 Å². The van der Waals surface area contributed by atoms with Crippen LogP contribution in [0.2, 0.25) is 0 Å². The summed E-state index contributed by atoms with van der Waals surface area (Å²) < 4.78 is 5.28. The average Bonchev–Trinajstić information content (AvgIpc) is 2.21. The lowest BCUT2D eigenvalue weighted by Crippen LogP contribution is -1.81. The predicted octanol–water partition coefficient (Wildman–Crippen LogP) is 2.96. The highest BCUT2D eigenvalue weighted by Crippen LogP contribution is 2.26. The van der Waals surface area contributed by atoms with Gasteiger partial charge in [0.1, 0.15) is 5.69 Å². The Morgan fingerprint density at radius 1 is 1.50 bits per heavy atom. The van der Waals surface area contributed by atoms with Crippen LogP contribution in [0.15, 0.2) is 41.6 Å². The molecule has 1 aromatic carbocycles. The van der Waals surface area contributed by atoms with Gasteiger partial charge in [-0.2, -0.15) is 4.99 Å². The second-order valence-electron chi connectivity index (χ2n) is 2.57. The molecule has 0 aliphatic heterocycles. The van der Waals surface area contributed by atoms with Crippen molar-refractivity contribution in [2.45, 2.75) is 13.3 Å². The zero-order chi connectivity index (χ0) is 10.2. The third kappa shape index (κ3) is 2.88. The molecule has 0 saturated carbocycles. The molecule has 3 nitrogen and oxygen atoms in total. The van der Waals surface area contributed by atoms with Crippen molar-refractivity contribution >= 4 is 11.8 Å². The van der Waals surface area contributed by atoms with E-state index in [4.69, 9.17) is 4.74 Å². The van der Waals surface area contributed by atoms with Crippen LogP contribution in [0.3, 0.4) is 0 Å². The molecule has 0 saturated heterocycles. The fourth-order valence-corrected chi connectivity index (χ4v) is 0.916. The van der Waals surface area contributed by atoms with Crippen LogP contribution in [0.25, 0.3) is 0 Å². The highest BCUT2D eigenvalue weighted by Gasteiger charge is 1.98. The molecule has 1 aromatic rings. The molecule has 72 valence electrons. The Bertz CT molecular complexity index is 365. The van der Waals surface area contributed by atoms with Crippen molar-refractivity contribution in [2.75, 3.05) is 0 Å². The van der Waals surface area contributed by atoms with E-state index in [-0.39, 0.29) is 0 Å². The van der Waals surface area contributed by atoms with Crippen LogP contribution in [0.1, 0.15) is 13.3 Å². The Balaban J connectivity index is 2.84. The van der Waals surface area contributed by atoms with Crippen LogP contribution in [0.5, 0.6) is 5.75 Å². The molecule has 0 radical (unpaired) electrons. The number of benzene rings is 1. The van der Waals surface area contributed by atoms with Crippen molar-refractivity contribution in [1.29, 1.82) is 0 Å². The summed E-state index contributed by atoms with van der Waals surface area (Å²) in [7, 11) is 0. The summed E-state index contributed by atoms with van der Waals surface area (Å²) in [5.41, 5.74) is 0.489. The van der Waals surface area contributed by atoms with E-state index in [1.807, 2.05) is 19.1 Å². The first-order chi connectivity index (χ1) is 6.88. The quantitative estimate of drug-likeness (QED) is 0.415. The van der Waals surface area contributed by atoms with E-state index in [1.54, 1.807) is 24.5 Å². The number of ether oxygens (including phenoxy) is 1. The Labute approximate surface area is 82.7 Å². The zero-order valence-corrected chi connectivity index (χ0v) is 7.93. The zero-order valence-electron chi connectivity index (χ0n) is 7.93. The first-order valence-corrected chi connectivity index (χ1v) is 4.37. The van der Waals surface area contributed by atoms with Crippen molar-refractivity contribution in [2.24, 2.45) is 4.99 Å². The van der Waals surface area contributed by atoms with E-state index < -0.39 is 0 Å². The molecule has 3 heteroatoms. The van der Waals surface area contributed by atoms with Crippen LogP contribution in [0.4, 0.5) is 5.69 Å². The van der Waals surface area contributed by atoms with Gasteiger partial charge in [0.25, 0.3) is 0 Å². The summed E-state index contributed by atoms with van der Waals surface area (Å²) in [6.45, 7) is 2.01. The fourth-order valence-electron chi connectivity index (χ4n) is 0.916. The molecular weight excluding hydrogens is 178 g/mol. The van der Waals surface area contributed by atoms with Gasteiger partial charge in [0, 0.05) is 0 Å².